The number of amides is 2. The van der Waals surface area contributed by atoms with E-state index in [1.165, 1.54) is 0 Å². The molecule has 0 aliphatic carbocycles. The molecule has 43 heavy (non-hydrogen) atoms. The van der Waals surface area contributed by atoms with E-state index in [-0.39, 0.29) is 5.91 Å². The van der Waals surface area contributed by atoms with E-state index in [0.29, 0.717) is 23.7 Å². The topological polar surface area (TPSA) is 83.6 Å². The van der Waals surface area contributed by atoms with Gasteiger partial charge < -0.3 is 28.9 Å². The molecule has 9 nitrogen and oxygen atoms in total. The van der Waals surface area contributed by atoms with E-state index >= 15 is 0 Å². The summed E-state index contributed by atoms with van der Waals surface area (Å²) in [5.41, 5.74) is 4.56. The summed E-state index contributed by atoms with van der Waals surface area (Å²) in [5, 5.41) is 2.85. The van der Waals surface area contributed by atoms with E-state index in [4.69, 9.17) is 14.2 Å². The third-order valence-corrected chi connectivity index (χ3v) is 8.01. The van der Waals surface area contributed by atoms with E-state index < -0.39 is 17.7 Å². The van der Waals surface area contributed by atoms with Crippen molar-refractivity contribution in [2.45, 2.75) is 45.9 Å². The van der Waals surface area contributed by atoms with E-state index in [0.717, 1.165) is 60.7 Å². The highest BCUT2D eigenvalue weighted by atomic mass is 16.6. The van der Waals surface area contributed by atoms with E-state index in [2.05, 4.69) is 28.1 Å². The van der Waals surface area contributed by atoms with Gasteiger partial charge in [0.25, 0.3) is 5.91 Å². The van der Waals surface area contributed by atoms with Gasteiger partial charge in [-0.2, -0.15) is 0 Å². The first-order valence-corrected chi connectivity index (χ1v) is 14.8. The van der Waals surface area contributed by atoms with Gasteiger partial charge in [0.2, 0.25) is 0 Å². The molecule has 1 fully saturated rings. The van der Waals surface area contributed by atoms with E-state index in [9.17, 15) is 9.59 Å². The molecule has 0 aromatic heterocycles. The lowest BCUT2D eigenvalue weighted by Crippen LogP contribution is -2.46. The van der Waals surface area contributed by atoms with Gasteiger partial charge in [0.15, 0.2) is 11.5 Å². The summed E-state index contributed by atoms with van der Waals surface area (Å²) in [4.78, 5) is 33.5. The van der Waals surface area contributed by atoms with Gasteiger partial charge in [-0.15, -0.1) is 0 Å². The highest BCUT2D eigenvalue weighted by Crippen LogP contribution is 2.42. The molecule has 3 aromatic rings. The van der Waals surface area contributed by atoms with E-state index in [1.54, 1.807) is 14.2 Å². The maximum atomic E-state index is 14.2. The van der Waals surface area contributed by atoms with Crippen molar-refractivity contribution in [3.8, 4) is 11.5 Å². The molecule has 0 spiro atoms. The molecule has 0 bridgehead atoms. The summed E-state index contributed by atoms with van der Waals surface area (Å²) in [6, 6.07) is 18.9. The second-order valence-corrected chi connectivity index (χ2v) is 11.9. The Bertz CT molecular complexity index is 1480. The van der Waals surface area contributed by atoms with Crippen LogP contribution in [0.3, 0.4) is 0 Å². The zero-order valence-electron chi connectivity index (χ0n) is 26.0. The zero-order chi connectivity index (χ0) is 30.7. The Kier molecular flexibility index (Phi) is 8.82. The van der Waals surface area contributed by atoms with Crippen LogP contribution >= 0.6 is 0 Å². The molecule has 1 atom stereocenters. The number of carbonyl (C=O) groups excluding carboxylic acids is 2. The number of piperazine rings is 1. The number of hydrogen-bond donors (Lipinski definition) is 1. The molecule has 2 aliphatic rings. The molecule has 3 aromatic carbocycles. The van der Waals surface area contributed by atoms with Crippen molar-refractivity contribution in [2.24, 2.45) is 0 Å². The Labute approximate surface area is 254 Å². The molecule has 1 N–H and O–H groups in total. The normalized spacial score (nSPS) is 16.1. The van der Waals surface area contributed by atoms with Crippen LogP contribution in [0.15, 0.2) is 60.7 Å². The van der Waals surface area contributed by atoms with Gasteiger partial charge in [-0.25, -0.2) is 4.79 Å². The summed E-state index contributed by atoms with van der Waals surface area (Å²) in [6.07, 6.45) is -0.537. The smallest absolute Gasteiger partial charge is 0.412 e. The number of nitrogens with zero attached hydrogens (tertiary/aromatic N) is 3. The lowest BCUT2D eigenvalue weighted by Gasteiger charge is -2.36. The number of rotatable bonds is 8. The predicted octanol–water partition coefficient (Wildman–Crippen LogP) is 5.94. The molecule has 228 valence electrons. The zero-order valence-corrected chi connectivity index (χ0v) is 26.0. The molecule has 5 rings (SSSR count). The second-order valence-electron chi connectivity index (χ2n) is 11.9. The Hall–Kier alpha value is -4.24. The Balaban J connectivity index is 1.53. The average molecular weight is 587 g/mol. The van der Waals surface area contributed by atoms with Crippen LogP contribution < -0.4 is 19.7 Å². The minimum Gasteiger partial charge on any atom is -0.493 e. The predicted molar refractivity (Wildman–Crippen MR) is 168 cm³/mol. The number of nitrogens with one attached hydrogen (secondary N) is 1. The Morgan fingerprint density at radius 2 is 1.60 bits per heavy atom. The van der Waals surface area contributed by atoms with Crippen molar-refractivity contribution in [3.05, 3.63) is 82.9 Å². The van der Waals surface area contributed by atoms with Gasteiger partial charge in [-0.1, -0.05) is 31.2 Å². The summed E-state index contributed by atoms with van der Waals surface area (Å²) in [6.45, 7) is 13.0. The Morgan fingerprint density at radius 1 is 0.907 bits per heavy atom. The fourth-order valence-corrected chi connectivity index (χ4v) is 5.93. The first-order valence-electron chi connectivity index (χ1n) is 14.8. The summed E-state index contributed by atoms with van der Waals surface area (Å²) < 4.78 is 16.6. The second kappa shape index (κ2) is 12.6. The van der Waals surface area contributed by atoms with Crippen molar-refractivity contribution < 1.29 is 23.8 Å². The largest absolute Gasteiger partial charge is 0.493 e. The molecule has 0 saturated carbocycles. The highest BCUT2D eigenvalue weighted by molar-refractivity contribution is 6.00. The fourth-order valence-electron chi connectivity index (χ4n) is 5.93. The molecule has 2 aliphatic heterocycles. The quantitative estimate of drug-likeness (QED) is 0.350. The maximum Gasteiger partial charge on any atom is 0.412 e. The Morgan fingerprint density at radius 3 is 2.28 bits per heavy atom. The van der Waals surface area contributed by atoms with Crippen LogP contribution in [-0.4, -0.2) is 74.3 Å². The number of ether oxygens (including phenoxy) is 3. The minimum atomic E-state index is -0.626. The fraction of sp³-hybridized carbons (Fsp3) is 0.412. The van der Waals surface area contributed by atoms with Crippen molar-refractivity contribution in [2.75, 3.05) is 57.2 Å². The maximum absolute atomic E-state index is 14.2. The number of fused-ring (bicyclic) bond motifs is 1. The summed E-state index contributed by atoms with van der Waals surface area (Å²) >= 11 is 0. The van der Waals surface area contributed by atoms with Crippen LogP contribution in [-0.2, 0) is 11.3 Å². The minimum absolute atomic E-state index is 0.0330. The van der Waals surface area contributed by atoms with Crippen LogP contribution in [0.25, 0.3) is 0 Å². The number of likely N-dealkylation sites (N-methyl/N-ethyl adjacent to an activating group) is 1. The van der Waals surface area contributed by atoms with Crippen LogP contribution in [0, 0.1) is 0 Å². The molecule has 9 heteroatoms. The number of anilines is 2. The van der Waals surface area contributed by atoms with Gasteiger partial charge in [0.05, 0.1) is 20.3 Å². The van der Waals surface area contributed by atoms with Gasteiger partial charge >= 0.3 is 6.09 Å². The SMILES string of the molecule is CCN1CCN(c2cccc3c2CN(C(c2cccc(NC(=O)OC(C)(C)C)c2)c2ccc(OC)c(OC)c2)C3=O)CC1. The van der Waals surface area contributed by atoms with Gasteiger partial charge in [0.1, 0.15) is 5.60 Å². The average Bonchev–Trinajstić information content (AvgIpc) is 3.32. The molecule has 0 radical (unpaired) electrons. The lowest BCUT2D eigenvalue weighted by molar-refractivity contribution is 0.0634. The van der Waals surface area contributed by atoms with Crippen molar-refractivity contribution in [1.82, 2.24) is 9.80 Å². The molecular weight excluding hydrogens is 544 g/mol. The molecular formula is C34H42N4O5. The van der Waals surface area contributed by atoms with Crippen molar-refractivity contribution in [1.29, 1.82) is 0 Å². The number of methoxy groups -OCH3 is 2. The van der Waals surface area contributed by atoms with Crippen molar-refractivity contribution in [3.63, 3.8) is 0 Å². The highest BCUT2D eigenvalue weighted by Gasteiger charge is 2.37. The number of benzene rings is 3. The first kappa shape index (κ1) is 30.2. The van der Waals surface area contributed by atoms with Crippen LogP contribution in [0.2, 0.25) is 0 Å². The van der Waals surface area contributed by atoms with Gasteiger partial charge in [-0.05, 0) is 74.8 Å². The monoisotopic (exact) mass is 586 g/mol. The van der Waals surface area contributed by atoms with Crippen LogP contribution in [0.1, 0.15) is 60.8 Å². The van der Waals surface area contributed by atoms with Crippen molar-refractivity contribution >= 4 is 23.4 Å². The molecule has 1 unspecified atom stereocenters. The molecule has 2 amide bonds. The standard InChI is InChI=1S/C34H42N4O5/c1-7-36-16-18-37(19-17-36)28-13-9-12-26-27(28)22-38(32(26)39)31(24-14-15-29(41-5)30(21-24)42-6)23-10-8-11-25(20-23)35-33(40)43-34(2,3)4/h8-15,20-21,31H,7,16-19,22H2,1-6H3,(H,35,40). The lowest BCUT2D eigenvalue weighted by atomic mass is 9.96. The third kappa shape index (κ3) is 6.57. The summed E-state index contributed by atoms with van der Waals surface area (Å²) in [7, 11) is 3.20. The third-order valence-electron chi connectivity index (χ3n) is 8.01. The summed E-state index contributed by atoms with van der Waals surface area (Å²) in [5.74, 6) is 1.15. The molecule has 1 saturated heterocycles. The number of carbonyl (C=O) groups is 2. The van der Waals surface area contributed by atoms with Crippen LogP contribution in [0.5, 0.6) is 11.5 Å². The first-order chi connectivity index (χ1) is 20.6. The van der Waals surface area contributed by atoms with Crippen LogP contribution in [0.4, 0.5) is 16.2 Å². The number of hydrogen-bond acceptors (Lipinski definition) is 7. The van der Waals surface area contributed by atoms with Gasteiger partial charge in [-0.3, -0.25) is 10.1 Å². The van der Waals surface area contributed by atoms with E-state index in [1.807, 2.05) is 80.3 Å². The van der Waals surface area contributed by atoms with Gasteiger partial charge in [0, 0.05) is 55.2 Å². The molecule has 2 heterocycles.